The number of rotatable bonds is 1. The number of benzene rings is 1. The number of aliphatic hydroxyl groups excluding tert-OH is 3. The van der Waals surface area contributed by atoms with E-state index < -0.39 is 18.3 Å². The summed E-state index contributed by atoms with van der Waals surface area (Å²) in [5, 5.41) is 28.6. The van der Waals surface area contributed by atoms with Crippen molar-refractivity contribution in [3.05, 3.63) is 35.9 Å². The Hall–Kier alpha value is -0.550. The minimum atomic E-state index is -1.04. The zero-order valence-electron chi connectivity index (χ0n) is 8.15. The Morgan fingerprint density at radius 1 is 1.00 bits per heavy atom. The van der Waals surface area contributed by atoms with E-state index in [9.17, 15) is 15.3 Å². The van der Waals surface area contributed by atoms with Crippen molar-refractivity contribution in [2.75, 3.05) is 5.75 Å². The first kappa shape index (κ1) is 11.0. The van der Waals surface area contributed by atoms with Crippen LogP contribution in [0.25, 0.3) is 0 Å². The van der Waals surface area contributed by atoms with E-state index in [-0.39, 0.29) is 5.25 Å². The Labute approximate surface area is 92.8 Å². The van der Waals surface area contributed by atoms with Crippen LogP contribution in [-0.2, 0) is 0 Å². The average Bonchev–Trinajstić information content (AvgIpc) is 2.27. The van der Waals surface area contributed by atoms with Crippen molar-refractivity contribution < 1.29 is 15.3 Å². The smallest absolute Gasteiger partial charge is 0.108 e. The summed E-state index contributed by atoms with van der Waals surface area (Å²) in [6.07, 6.45) is -2.78. The molecule has 0 radical (unpaired) electrons. The Kier molecular flexibility index (Phi) is 3.31. The molecule has 1 aliphatic heterocycles. The molecule has 0 saturated carbocycles. The highest BCUT2D eigenvalue weighted by Crippen LogP contribution is 2.38. The molecule has 1 saturated heterocycles. The van der Waals surface area contributed by atoms with E-state index in [1.165, 1.54) is 11.8 Å². The van der Waals surface area contributed by atoms with Gasteiger partial charge in [0.1, 0.15) is 6.10 Å². The molecule has 1 fully saturated rings. The highest BCUT2D eigenvalue weighted by atomic mass is 32.2. The number of aliphatic hydroxyl groups is 3. The molecular formula is C11H14O3S. The van der Waals surface area contributed by atoms with Gasteiger partial charge in [0.05, 0.1) is 17.5 Å². The summed E-state index contributed by atoms with van der Waals surface area (Å²) in [5.74, 6) is 0.456. The molecule has 0 amide bonds. The number of hydrogen-bond acceptors (Lipinski definition) is 4. The van der Waals surface area contributed by atoms with Gasteiger partial charge in [0.15, 0.2) is 0 Å². The van der Waals surface area contributed by atoms with Crippen molar-refractivity contribution >= 4 is 11.8 Å². The quantitative estimate of drug-likeness (QED) is 0.655. The van der Waals surface area contributed by atoms with Crippen LogP contribution in [0.1, 0.15) is 10.8 Å². The van der Waals surface area contributed by atoms with Crippen LogP contribution in [0.15, 0.2) is 30.3 Å². The third-order valence-electron chi connectivity index (χ3n) is 2.63. The normalized spacial score (nSPS) is 36.5. The fourth-order valence-corrected chi connectivity index (χ4v) is 3.05. The van der Waals surface area contributed by atoms with Gasteiger partial charge in [-0.2, -0.15) is 0 Å². The fraction of sp³-hybridized carbons (Fsp3) is 0.455. The van der Waals surface area contributed by atoms with Crippen molar-refractivity contribution in [1.82, 2.24) is 0 Å². The molecule has 1 aromatic carbocycles. The summed E-state index contributed by atoms with van der Waals surface area (Å²) in [4.78, 5) is 0. The second kappa shape index (κ2) is 4.53. The fourth-order valence-electron chi connectivity index (χ4n) is 1.74. The maximum Gasteiger partial charge on any atom is 0.108 e. The highest BCUT2D eigenvalue weighted by Gasteiger charge is 2.37. The van der Waals surface area contributed by atoms with Gasteiger partial charge in [-0.15, -0.1) is 11.8 Å². The number of hydrogen-bond donors (Lipinski definition) is 3. The second-order valence-corrected chi connectivity index (χ2v) is 4.89. The van der Waals surface area contributed by atoms with Gasteiger partial charge in [0, 0.05) is 5.75 Å². The Balaban J connectivity index is 2.17. The molecule has 0 unspecified atom stereocenters. The van der Waals surface area contributed by atoms with Gasteiger partial charge in [-0.3, -0.25) is 0 Å². The Morgan fingerprint density at radius 3 is 2.33 bits per heavy atom. The lowest BCUT2D eigenvalue weighted by Gasteiger charge is -2.34. The van der Waals surface area contributed by atoms with E-state index in [1.807, 2.05) is 30.3 Å². The summed E-state index contributed by atoms with van der Waals surface area (Å²) < 4.78 is 0. The molecule has 3 nitrogen and oxygen atoms in total. The third kappa shape index (κ3) is 2.18. The molecular weight excluding hydrogens is 212 g/mol. The van der Waals surface area contributed by atoms with Gasteiger partial charge >= 0.3 is 0 Å². The molecule has 0 aliphatic carbocycles. The Bertz CT molecular complexity index is 317. The molecule has 4 atom stereocenters. The van der Waals surface area contributed by atoms with Gasteiger partial charge in [0.2, 0.25) is 0 Å². The van der Waals surface area contributed by atoms with Crippen LogP contribution in [0.4, 0.5) is 0 Å². The predicted octanol–water partition coefficient (Wildman–Crippen LogP) is 0.557. The lowest BCUT2D eigenvalue weighted by Crippen LogP contribution is -2.45. The molecule has 1 heterocycles. The van der Waals surface area contributed by atoms with E-state index >= 15 is 0 Å². The van der Waals surface area contributed by atoms with Crippen molar-refractivity contribution in [2.45, 2.75) is 23.6 Å². The average molecular weight is 226 g/mol. The molecule has 3 N–H and O–H groups in total. The molecule has 2 rings (SSSR count). The van der Waals surface area contributed by atoms with E-state index in [2.05, 4.69) is 0 Å². The first-order chi connectivity index (χ1) is 7.20. The lowest BCUT2D eigenvalue weighted by atomic mass is 10.00. The largest absolute Gasteiger partial charge is 0.389 e. The summed E-state index contributed by atoms with van der Waals surface area (Å²) in [6, 6.07) is 9.56. The molecule has 82 valence electrons. The molecule has 15 heavy (non-hydrogen) atoms. The van der Waals surface area contributed by atoms with Gasteiger partial charge < -0.3 is 15.3 Å². The summed E-state index contributed by atoms with van der Waals surface area (Å²) in [5.41, 5.74) is 0.987. The van der Waals surface area contributed by atoms with E-state index in [0.717, 1.165) is 5.56 Å². The first-order valence-electron chi connectivity index (χ1n) is 4.91. The molecule has 1 aromatic rings. The van der Waals surface area contributed by atoms with Crippen LogP contribution in [0, 0.1) is 0 Å². The predicted molar refractivity (Wildman–Crippen MR) is 59.7 cm³/mol. The van der Waals surface area contributed by atoms with Crippen LogP contribution >= 0.6 is 11.8 Å². The zero-order valence-corrected chi connectivity index (χ0v) is 8.97. The van der Waals surface area contributed by atoms with Crippen LogP contribution in [-0.4, -0.2) is 39.4 Å². The van der Waals surface area contributed by atoms with Crippen molar-refractivity contribution in [1.29, 1.82) is 0 Å². The summed E-state index contributed by atoms with van der Waals surface area (Å²) in [7, 11) is 0. The van der Waals surface area contributed by atoms with Crippen LogP contribution < -0.4 is 0 Å². The minimum absolute atomic E-state index is 0.149. The summed E-state index contributed by atoms with van der Waals surface area (Å²) in [6.45, 7) is 0. The van der Waals surface area contributed by atoms with Crippen LogP contribution in [0.5, 0.6) is 0 Å². The monoisotopic (exact) mass is 226 g/mol. The second-order valence-electron chi connectivity index (χ2n) is 3.71. The van der Waals surface area contributed by atoms with Crippen molar-refractivity contribution in [3.8, 4) is 0 Å². The van der Waals surface area contributed by atoms with Gasteiger partial charge in [-0.05, 0) is 5.56 Å². The summed E-state index contributed by atoms with van der Waals surface area (Å²) >= 11 is 1.48. The van der Waals surface area contributed by atoms with Gasteiger partial charge in [-0.1, -0.05) is 30.3 Å². The van der Waals surface area contributed by atoms with Gasteiger partial charge in [-0.25, -0.2) is 0 Å². The van der Waals surface area contributed by atoms with Crippen LogP contribution in [0.2, 0.25) is 0 Å². The molecule has 1 aliphatic rings. The lowest BCUT2D eigenvalue weighted by molar-refractivity contribution is -0.0555. The number of thioether (sulfide) groups is 1. The molecule has 4 heteroatoms. The zero-order chi connectivity index (χ0) is 10.8. The highest BCUT2D eigenvalue weighted by molar-refractivity contribution is 7.99. The van der Waals surface area contributed by atoms with E-state index in [4.69, 9.17) is 0 Å². The van der Waals surface area contributed by atoms with E-state index in [1.54, 1.807) is 0 Å². The molecule has 0 spiro atoms. The maximum atomic E-state index is 9.83. The van der Waals surface area contributed by atoms with E-state index in [0.29, 0.717) is 5.75 Å². The first-order valence-corrected chi connectivity index (χ1v) is 5.96. The Morgan fingerprint density at radius 2 is 1.67 bits per heavy atom. The van der Waals surface area contributed by atoms with Crippen molar-refractivity contribution in [3.63, 3.8) is 0 Å². The topological polar surface area (TPSA) is 60.7 Å². The maximum absolute atomic E-state index is 9.83. The molecule has 0 aromatic heterocycles. The van der Waals surface area contributed by atoms with Crippen LogP contribution in [0.3, 0.4) is 0 Å². The SMILES string of the molecule is O[C@@H]1[C@@H](O)[C@H](c2ccccc2)SC[C@H]1O. The minimum Gasteiger partial charge on any atom is -0.389 e. The third-order valence-corrected chi connectivity index (χ3v) is 4.07. The standard InChI is InChI=1S/C11H14O3S/c12-8-6-15-11(10(14)9(8)13)7-4-2-1-3-5-7/h1-5,8-14H,6H2/t8-,9+,10-,11+/m1/s1. The van der Waals surface area contributed by atoms with Crippen molar-refractivity contribution in [2.24, 2.45) is 0 Å². The molecule has 0 bridgehead atoms. The van der Waals surface area contributed by atoms with Gasteiger partial charge in [0.25, 0.3) is 0 Å².